The van der Waals surface area contributed by atoms with Crippen LogP contribution in [0.25, 0.3) is 0 Å². The summed E-state index contributed by atoms with van der Waals surface area (Å²) in [7, 11) is 3.21. The molecule has 0 radical (unpaired) electrons. The Morgan fingerprint density at radius 2 is 1.88 bits per heavy atom. The van der Waals surface area contributed by atoms with Gasteiger partial charge in [0.2, 0.25) is 0 Å². The number of ether oxygens (including phenoxy) is 1. The highest BCUT2D eigenvalue weighted by molar-refractivity contribution is 14.0. The van der Waals surface area contributed by atoms with Crippen molar-refractivity contribution in [2.24, 2.45) is 10.9 Å². The van der Waals surface area contributed by atoms with E-state index in [9.17, 15) is 4.79 Å². The van der Waals surface area contributed by atoms with Crippen molar-refractivity contribution in [3.05, 3.63) is 33.8 Å². The number of guanidine groups is 1. The van der Waals surface area contributed by atoms with Crippen LogP contribution in [0.4, 0.5) is 0 Å². The van der Waals surface area contributed by atoms with Crippen molar-refractivity contribution in [2.75, 3.05) is 33.8 Å². The fourth-order valence-electron chi connectivity index (χ4n) is 2.90. The molecule has 8 heteroatoms. The van der Waals surface area contributed by atoms with Gasteiger partial charge >= 0.3 is 5.97 Å². The van der Waals surface area contributed by atoms with E-state index in [1.165, 1.54) is 7.11 Å². The minimum atomic E-state index is -0.115. The van der Waals surface area contributed by atoms with Crippen LogP contribution in [-0.4, -0.2) is 50.6 Å². The fraction of sp³-hybridized carbons (Fsp3) is 0.529. The maximum absolute atomic E-state index is 11.6. The highest BCUT2D eigenvalue weighted by atomic mass is 127. The number of rotatable bonds is 4. The Morgan fingerprint density at radius 1 is 1.28 bits per heavy atom. The van der Waals surface area contributed by atoms with Crippen LogP contribution < -0.4 is 5.32 Å². The summed E-state index contributed by atoms with van der Waals surface area (Å²) < 4.78 is 4.82. The van der Waals surface area contributed by atoms with Gasteiger partial charge in [-0.15, -0.1) is 24.0 Å². The molecule has 1 aromatic carbocycles. The molecule has 2 rings (SSSR count). The SMILES string of the molecule is CN=C(NCCc1cc(Cl)cc(Cl)c1)N1CCC(C(=O)OC)CC1.I. The summed E-state index contributed by atoms with van der Waals surface area (Å²) in [5.74, 6) is 0.736. The second-order valence-electron chi connectivity index (χ2n) is 5.79. The average Bonchev–Trinajstić information content (AvgIpc) is 2.57. The second kappa shape index (κ2) is 11.1. The summed E-state index contributed by atoms with van der Waals surface area (Å²) in [5.41, 5.74) is 1.08. The zero-order valence-electron chi connectivity index (χ0n) is 14.4. The second-order valence-corrected chi connectivity index (χ2v) is 6.66. The average molecular weight is 500 g/mol. The Bertz CT molecular complexity index is 585. The lowest BCUT2D eigenvalue weighted by Crippen LogP contribution is -2.47. The number of nitrogens with zero attached hydrogens (tertiary/aromatic N) is 2. The molecule has 0 aliphatic carbocycles. The summed E-state index contributed by atoms with van der Waals surface area (Å²) in [6.07, 6.45) is 2.38. The topological polar surface area (TPSA) is 53.9 Å². The van der Waals surface area contributed by atoms with Crippen LogP contribution >= 0.6 is 47.2 Å². The van der Waals surface area contributed by atoms with Gasteiger partial charge < -0.3 is 15.0 Å². The number of esters is 1. The van der Waals surface area contributed by atoms with Crippen molar-refractivity contribution in [1.82, 2.24) is 10.2 Å². The van der Waals surface area contributed by atoms with Crippen molar-refractivity contribution in [3.63, 3.8) is 0 Å². The van der Waals surface area contributed by atoms with Crippen LogP contribution in [0.2, 0.25) is 10.0 Å². The first-order valence-corrected chi connectivity index (χ1v) is 8.77. The molecule has 0 saturated carbocycles. The molecule has 0 atom stereocenters. The number of carbonyl (C=O) groups is 1. The van der Waals surface area contributed by atoms with E-state index in [-0.39, 0.29) is 35.9 Å². The van der Waals surface area contributed by atoms with Gasteiger partial charge in [-0.1, -0.05) is 23.2 Å². The van der Waals surface area contributed by atoms with Crippen LogP contribution in [0.15, 0.2) is 23.2 Å². The number of benzene rings is 1. The van der Waals surface area contributed by atoms with Gasteiger partial charge in [0, 0.05) is 36.7 Å². The first kappa shape index (κ1) is 22.3. The number of carbonyl (C=O) groups excluding carboxylic acids is 1. The van der Waals surface area contributed by atoms with E-state index in [0.717, 1.165) is 50.4 Å². The number of hydrogen-bond acceptors (Lipinski definition) is 3. The molecule has 0 aromatic heterocycles. The Balaban J connectivity index is 0.00000312. The summed E-state index contributed by atoms with van der Waals surface area (Å²) >= 11 is 12.0. The van der Waals surface area contributed by atoms with E-state index in [2.05, 4.69) is 15.2 Å². The molecule has 0 unspecified atom stereocenters. The Kier molecular flexibility index (Phi) is 9.89. The quantitative estimate of drug-likeness (QED) is 0.297. The predicted molar refractivity (Wildman–Crippen MR) is 113 cm³/mol. The Labute approximate surface area is 176 Å². The molecule has 1 aliphatic heterocycles. The monoisotopic (exact) mass is 499 g/mol. The van der Waals surface area contributed by atoms with Crippen molar-refractivity contribution >= 4 is 59.1 Å². The molecule has 25 heavy (non-hydrogen) atoms. The van der Waals surface area contributed by atoms with Gasteiger partial charge in [0.15, 0.2) is 5.96 Å². The number of piperidine rings is 1. The molecule has 1 N–H and O–H groups in total. The molecule has 1 saturated heterocycles. The minimum absolute atomic E-state index is 0. The van der Waals surface area contributed by atoms with E-state index < -0.39 is 0 Å². The zero-order chi connectivity index (χ0) is 17.5. The van der Waals surface area contributed by atoms with Gasteiger partial charge in [0.1, 0.15) is 0 Å². The summed E-state index contributed by atoms with van der Waals surface area (Å²) in [4.78, 5) is 18.1. The third-order valence-electron chi connectivity index (χ3n) is 4.16. The van der Waals surface area contributed by atoms with Crippen molar-refractivity contribution in [1.29, 1.82) is 0 Å². The van der Waals surface area contributed by atoms with Gasteiger partial charge in [-0.05, 0) is 43.0 Å². The molecular weight excluding hydrogens is 476 g/mol. The maximum Gasteiger partial charge on any atom is 0.308 e. The largest absolute Gasteiger partial charge is 0.469 e. The molecular formula is C17H24Cl2IN3O2. The first-order valence-electron chi connectivity index (χ1n) is 8.02. The molecule has 5 nitrogen and oxygen atoms in total. The van der Waals surface area contributed by atoms with E-state index in [0.29, 0.717) is 10.0 Å². The van der Waals surface area contributed by atoms with Crippen LogP contribution in [0, 0.1) is 5.92 Å². The zero-order valence-corrected chi connectivity index (χ0v) is 18.3. The van der Waals surface area contributed by atoms with E-state index in [1.54, 1.807) is 13.1 Å². The van der Waals surface area contributed by atoms with Crippen LogP contribution in [0.5, 0.6) is 0 Å². The van der Waals surface area contributed by atoms with Gasteiger partial charge in [0.05, 0.1) is 13.0 Å². The van der Waals surface area contributed by atoms with Crippen molar-refractivity contribution in [3.8, 4) is 0 Å². The number of likely N-dealkylation sites (tertiary alicyclic amines) is 1. The first-order chi connectivity index (χ1) is 11.5. The highest BCUT2D eigenvalue weighted by Crippen LogP contribution is 2.20. The molecule has 1 fully saturated rings. The number of aliphatic imine (C=N–C) groups is 1. The fourth-order valence-corrected chi connectivity index (χ4v) is 3.47. The van der Waals surface area contributed by atoms with Crippen molar-refractivity contribution < 1.29 is 9.53 Å². The van der Waals surface area contributed by atoms with Gasteiger partial charge in [-0.25, -0.2) is 0 Å². The van der Waals surface area contributed by atoms with Gasteiger partial charge in [0.25, 0.3) is 0 Å². The molecule has 0 amide bonds. The van der Waals surface area contributed by atoms with Crippen LogP contribution in [0.1, 0.15) is 18.4 Å². The molecule has 0 bridgehead atoms. The minimum Gasteiger partial charge on any atom is -0.469 e. The summed E-state index contributed by atoms with van der Waals surface area (Å²) in [5, 5.41) is 4.65. The van der Waals surface area contributed by atoms with E-state index >= 15 is 0 Å². The third kappa shape index (κ3) is 6.83. The van der Waals surface area contributed by atoms with Gasteiger partial charge in [-0.3, -0.25) is 9.79 Å². The number of nitrogens with one attached hydrogen (secondary N) is 1. The number of methoxy groups -OCH3 is 1. The van der Waals surface area contributed by atoms with E-state index in [1.807, 2.05) is 12.1 Å². The molecule has 1 aliphatic rings. The molecule has 1 aromatic rings. The molecule has 1 heterocycles. The lowest BCUT2D eigenvalue weighted by atomic mass is 9.97. The van der Waals surface area contributed by atoms with Crippen LogP contribution in [-0.2, 0) is 16.0 Å². The highest BCUT2D eigenvalue weighted by Gasteiger charge is 2.26. The Morgan fingerprint density at radius 3 is 2.40 bits per heavy atom. The number of halogens is 3. The smallest absolute Gasteiger partial charge is 0.308 e. The van der Waals surface area contributed by atoms with E-state index in [4.69, 9.17) is 27.9 Å². The Hall–Kier alpha value is -0.730. The maximum atomic E-state index is 11.6. The summed E-state index contributed by atoms with van der Waals surface area (Å²) in [6, 6.07) is 5.56. The third-order valence-corrected chi connectivity index (χ3v) is 4.60. The molecule has 0 spiro atoms. The summed E-state index contributed by atoms with van der Waals surface area (Å²) in [6.45, 7) is 2.32. The van der Waals surface area contributed by atoms with Crippen molar-refractivity contribution in [2.45, 2.75) is 19.3 Å². The molecule has 140 valence electrons. The normalized spacial score (nSPS) is 15.5. The lowest BCUT2D eigenvalue weighted by molar-refractivity contribution is -0.146. The standard InChI is InChI=1S/C17H23Cl2N3O2.HI/c1-20-17(22-7-4-13(5-8-22)16(23)24-2)21-6-3-12-9-14(18)11-15(19)10-12;/h9-11,13H,3-8H2,1-2H3,(H,20,21);1H. The predicted octanol–water partition coefficient (Wildman–Crippen LogP) is 3.61. The van der Waals surface area contributed by atoms with Crippen LogP contribution in [0.3, 0.4) is 0 Å². The lowest BCUT2D eigenvalue weighted by Gasteiger charge is -2.33. The number of hydrogen-bond donors (Lipinski definition) is 1. The van der Waals surface area contributed by atoms with Gasteiger partial charge in [-0.2, -0.15) is 0 Å².